The molecule has 0 unspecified atom stereocenters. The number of hydrogen-bond donors (Lipinski definition) is 1. The van der Waals surface area contributed by atoms with Gasteiger partial charge in [0.1, 0.15) is 0 Å². The highest BCUT2D eigenvalue weighted by atomic mass is 32.2. The van der Waals surface area contributed by atoms with Gasteiger partial charge in [-0.15, -0.1) is 0 Å². The Morgan fingerprint density at radius 3 is 2.18 bits per heavy atom. The summed E-state index contributed by atoms with van der Waals surface area (Å²) in [6.45, 7) is 19.2. The summed E-state index contributed by atoms with van der Waals surface area (Å²) < 4.78 is 29.0. The summed E-state index contributed by atoms with van der Waals surface area (Å²) in [5.74, 6) is 4.22. The molecule has 284 valence electrons. The fourth-order valence-corrected chi connectivity index (χ4v) is 15.9. The van der Waals surface area contributed by atoms with Crippen LogP contribution in [0.25, 0.3) is 0 Å². The van der Waals surface area contributed by atoms with Crippen LogP contribution < -0.4 is 5.32 Å². The number of sulfone groups is 1. The highest BCUT2D eigenvalue weighted by Gasteiger charge is 2.71. The molecule has 1 aromatic carbocycles. The van der Waals surface area contributed by atoms with E-state index in [4.69, 9.17) is 4.74 Å². The molecule has 1 amide bonds. The molecule has 6 aliphatic rings. The highest BCUT2D eigenvalue weighted by Crippen LogP contribution is 2.77. The van der Waals surface area contributed by atoms with E-state index in [-0.39, 0.29) is 50.6 Å². The fourth-order valence-electron chi connectivity index (χ4n) is 14.6. The zero-order chi connectivity index (χ0) is 36.8. The number of nitrogens with one attached hydrogen (secondary N) is 1. The van der Waals surface area contributed by atoms with Gasteiger partial charge in [0.2, 0.25) is 5.91 Å². The van der Waals surface area contributed by atoms with Crippen molar-refractivity contribution >= 4 is 21.7 Å². The molecule has 1 saturated heterocycles. The van der Waals surface area contributed by atoms with E-state index >= 15 is 0 Å². The Morgan fingerprint density at radius 1 is 0.843 bits per heavy atom. The fraction of sp³-hybridized carbons (Fsp3) is 0.814. The van der Waals surface area contributed by atoms with Crippen molar-refractivity contribution in [3.8, 4) is 0 Å². The first-order valence-corrected chi connectivity index (χ1v) is 22.1. The number of fused-ring (bicyclic) bond motifs is 7. The van der Waals surface area contributed by atoms with E-state index < -0.39 is 9.84 Å². The Bertz CT molecular complexity index is 1610. The Kier molecular flexibility index (Phi) is 9.41. The topological polar surface area (TPSA) is 92.8 Å². The lowest BCUT2D eigenvalue weighted by Gasteiger charge is -2.73. The molecule has 1 aromatic rings. The molecule has 0 bridgehead atoms. The molecular weight excluding hydrogens is 657 g/mol. The van der Waals surface area contributed by atoms with Crippen LogP contribution in [0.4, 0.5) is 0 Å². The summed E-state index contributed by atoms with van der Waals surface area (Å²) in [5.41, 5.74) is 2.75. The zero-order valence-electron chi connectivity index (χ0n) is 32.9. The minimum Gasteiger partial charge on any atom is -0.465 e. The maximum absolute atomic E-state index is 13.8. The second kappa shape index (κ2) is 12.8. The maximum atomic E-state index is 13.8. The third-order valence-electron chi connectivity index (χ3n) is 17.3. The van der Waals surface area contributed by atoms with Crippen LogP contribution in [0.1, 0.15) is 135 Å². The molecule has 10 atom stereocenters. The Hall–Kier alpha value is -1.93. The quantitative estimate of drug-likeness (QED) is 0.301. The predicted molar refractivity (Wildman–Crippen MR) is 203 cm³/mol. The smallest absolute Gasteiger partial charge is 0.337 e. The van der Waals surface area contributed by atoms with Gasteiger partial charge in [0.15, 0.2) is 9.84 Å². The average molecular weight is 723 g/mol. The normalized spacial score (nSPS) is 42.9. The van der Waals surface area contributed by atoms with Crippen LogP contribution in [0, 0.1) is 57.2 Å². The van der Waals surface area contributed by atoms with Crippen molar-refractivity contribution in [2.24, 2.45) is 57.2 Å². The zero-order valence-corrected chi connectivity index (χ0v) is 33.7. The molecule has 7 nitrogen and oxygen atoms in total. The van der Waals surface area contributed by atoms with Crippen LogP contribution in [0.5, 0.6) is 0 Å². The molecule has 1 heterocycles. The Balaban J connectivity index is 1.13. The Labute approximate surface area is 308 Å². The van der Waals surface area contributed by atoms with E-state index in [2.05, 4.69) is 65.9 Å². The van der Waals surface area contributed by atoms with Crippen LogP contribution in [0.2, 0.25) is 0 Å². The van der Waals surface area contributed by atoms with Crippen molar-refractivity contribution in [1.82, 2.24) is 10.2 Å². The number of hydrogen-bond acceptors (Lipinski definition) is 6. The molecule has 1 N–H and O–H groups in total. The molecular formula is C43H66N2O5S. The standard InChI is InChI=1S/C43H66N2O5S/c1-28(2)31-15-20-43(44-36(46)27-45-23-25-51(48,49)26-24-45)22-21-41(6)33(37(31)43)13-14-35-40(5)18-16-32(29-9-11-30(12-10-29)38(47)50-8)39(3,4)34(40)17-19-42(35,41)7/h9-12,28,31-35,37H,13-27H2,1-8H3,(H,44,46)/t31-,32+,33+,34-,35+,37+,40-,41+,42+,43-/m0/s1. The van der Waals surface area contributed by atoms with Gasteiger partial charge in [-0.3, -0.25) is 9.69 Å². The number of methoxy groups -OCH3 is 1. The van der Waals surface area contributed by atoms with Crippen LogP contribution in [-0.4, -0.2) is 69.0 Å². The maximum Gasteiger partial charge on any atom is 0.337 e. The lowest BCUT2D eigenvalue weighted by atomic mass is 9.32. The summed E-state index contributed by atoms with van der Waals surface area (Å²) in [5, 5.41) is 3.72. The highest BCUT2D eigenvalue weighted by molar-refractivity contribution is 7.91. The van der Waals surface area contributed by atoms with Crippen molar-refractivity contribution in [2.75, 3.05) is 38.2 Å². The molecule has 0 radical (unpaired) electrons. The number of carbonyl (C=O) groups excluding carboxylic acids is 2. The number of amides is 1. The largest absolute Gasteiger partial charge is 0.465 e. The van der Waals surface area contributed by atoms with E-state index in [1.165, 1.54) is 64.0 Å². The van der Waals surface area contributed by atoms with Gasteiger partial charge in [0, 0.05) is 18.6 Å². The summed E-state index contributed by atoms with van der Waals surface area (Å²) in [7, 11) is -1.53. The molecule has 8 heteroatoms. The van der Waals surface area contributed by atoms with E-state index in [0.29, 0.717) is 66.6 Å². The number of nitrogens with zero attached hydrogens (tertiary/aromatic N) is 1. The number of esters is 1. The summed E-state index contributed by atoms with van der Waals surface area (Å²) in [6.07, 6.45) is 12.0. The summed E-state index contributed by atoms with van der Waals surface area (Å²) >= 11 is 0. The van der Waals surface area contributed by atoms with Crippen molar-refractivity contribution in [3.05, 3.63) is 35.4 Å². The van der Waals surface area contributed by atoms with Gasteiger partial charge in [-0.2, -0.15) is 0 Å². The second-order valence-corrected chi connectivity index (χ2v) is 22.1. The van der Waals surface area contributed by atoms with Crippen LogP contribution >= 0.6 is 0 Å². The van der Waals surface area contributed by atoms with Gasteiger partial charge in [0.25, 0.3) is 0 Å². The summed E-state index contributed by atoms with van der Waals surface area (Å²) in [6, 6.07) is 8.25. The third kappa shape index (κ3) is 5.85. The first kappa shape index (κ1) is 37.4. The van der Waals surface area contributed by atoms with E-state index in [1.807, 2.05) is 17.0 Å². The van der Waals surface area contributed by atoms with Gasteiger partial charge < -0.3 is 10.1 Å². The van der Waals surface area contributed by atoms with Gasteiger partial charge in [0.05, 0.1) is 30.7 Å². The molecule has 6 fully saturated rings. The minimum absolute atomic E-state index is 0.0964. The SMILES string of the molecule is COC(=O)c1ccc([C@H]2CC[C@]3(C)[C@H]4CC[C@@H]5[C@H]6[C@H](C(C)C)CC[C@]6(NC(=O)CN6CCS(=O)(=O)CC6)CC[C@@]5(C)[C@]4(C)CC[C@H]3C2(C)C)cc1. The number of carbonyl (C=O) groups is 2. The third-order valence-corrected chi connectivity index (χ3v) is 18.9. The lowest BCUT2D eigenvalue weighted by molar-refractivity contribution is -0.235. The van der Waals surface area contributed by atoms with Crippen molar-refractivity contribution < 1.29 is 22.7 Å². The molecule has 5 aliphatic carbocycles. The van der Waals surface area contributed by atoms with Crippen LogP contribution in [-0.2, 0) is 19.4 Å². The van der Waals surface area contributed by atoms with E-state index in [1.54, 1.807) is 0 Å². The molecule has 1 aliphatic heterocycles. The number of benzene rings is 1. The van der Waals surface area contributed by atoms with Crippen LogP contribution in [0.3, 0.4) is 0 Å². The van der Waals surface area contributed by atoms with Crippen LogP contribution in [0.15, 0.2) is 24.3 Å². The summed E-state index contributed by atoms with van der Waals surface area (Å²) in [4.78, 5) is 28.0. The van der Waals surface area contributed by atoms with Crippen molar-refractivity contribution in [2.45, 2.75) is 124 Å². The minimum atomic E-state index is -2.97. The van der Waals surface area contributed by atoms with Crippen molar-refractivity contribution in [1.29, 1.82) is 0 Å². The van der Waals surface area contributed by atoms with Gasteiger partial charge in [-0.1, -0.05) is 60.6 Å². The van der Waals surface area contributed by atoms with E-state index in [0.717, 1.165) is 12.8 Å². The van der Waals surface area contributed by atoms with E-state index in [9.17, 15) is 18.0 Å². The Morgan fingerprint density at radius 2 is 1.53 bits per heavy atom. The molecule has 7 rings (SSSR count). The lowest BCUT2D eigenvalue weighted by Crippen LogP contribution is -2.69. The predicted octanol–water partition coefficient (Wildman–Crippen LogP) is 7.89. The number of rotatable bonds is 6. The van der Waals surface area contributed by atoms with Crippen molar-refractivity contribution in [3.63, 3.8) is 0 Å². The van der Waals surface area contributed by atoms with Gasteiger partial charge >= 0.3 is 5.97 Å². The van der Waals surface area contributed by atoms with Gasteiger partial charge in [-0.05, 0) is 145 Å². The average Bonchev–Trinajstić information content (AvgIpc) is 3.45. The molecule has 5 saturated carbocycles. The second-order valence-electron chi connectivity index (χ2n) is 19.8. The van der Waals surface area contributed by atoms with Gasteiger partial charge in [-0.25, -0.2) is 13.2 Å². The molecule has 51 heavy (non-hydrogen) atoms. The number of ether oxygens (including phenoxy) is 1. The first-order chi connectivity index (χ1) is 23.9. The molecule has 0 aromatic heterocycles. The monoisotopic (exact) mass is 722 g/mol. The molecule has 0 spiro atoms. The first-order valence-electron chi connectivity index (χ1n) is 20.3.